The lowest BCUT2D eigenvalue weighted by Crippen LogP contribution is -2.13. The number of nitrogens with two attached hydrogens (primary N) is 1. The molecule has 1 aromatic carbocycles. The highest BCUT2D eigenvalue weighted by Crippen LogP contribution is 2.36. The second kappa shape index (κ2) is 8.99. The lowest BCUT2D eigenvalue weighted by Gasteiger charge is -2.09. The number of carbonyl (C=O) groups is 2. The number of aryl methyl sites for hydroxylation is 1. The molecular formula is C21H22ClN3O4S. The van der Waals surface area contributed by atoms with Crippen molar-refractivity contribution in [1.82, 2.24) is 4.98 Å². The molecule has 0 saturated heterocycles. The molecule has 7 nitrogen and oxygen atoms in total. The Morgan fingerprint density at radius 2 is 2.10 bits per heavy atom. The molecule has 1 amide bonds. The lowest BCUT2D eigenvalue weighted by molar-refractivity contribution is 0.0526. The summed E-state index contributed by atoms with van der Waals surface area (Å²) < 4.78 is 4.99. The highest BCUT2D eigenvalue weighted by atomic mass is 35.5. The number of hydrogen-bond donors (Lipinski definition) is 3. The van der Waals surface area contributed by atoms with Crippen LogP contribution in [-0.4, -0.2) is 34.7 Å². The van der Waals surface area contributed by atoms with Crippen molar-refractivity contribution in [2.24, 2.45) is 0 Å². The number of fused-ring (bicyclic) bond motifs is 1. The van der Waals surface area contributed by atoms with Crippen LogP contribution in [0.3, 0.4) is 0 Å². The smallest absolute Gasteiger partial charge is 0.339 e. The predicted octanol–water partition coefficient (Wildman–Crippen LogP) is 4.19. The van der Waals surface area contributed by atoms with E-state index >= 15 is 0 Å². The molecular weight excluding hydrogens is 426 g/mol. The largest absolute Gasteiger partial charge is 0.462 e. The molecule has 2 aromatic heterocycles. The molecule has 30 heavy (non-hydrogen) atoms. The van der Waals surface area contributed by atoms with E-state index in [0.29, 0.717) is 32.9 Å². The molecule has 2 heterocycles. The number of anilines is 2. The Labute approximate surface area is 182 Å². The van der Waals surface area contributed by atoms with Gasteiger partial charge >= 0.3 is 5.97 Å². The minimum absolute atomic E-state index is 0.164. The average Bonchev–Trinajstić information content (AvgIpc) is 2.99. The Morgan fingerprint density at radius 3 is 2.77 bits per heavy atom. The summed E-state index contributed by atoms with van der Waals surface area (Å²) in [5, 5.41) is 13.5. The minimum atomic E-state index is -0.567. The number of amides is 1. The molecule has 1 atom stereocenters. The van der Waals surface area contributed by atoms with Gasteiger partial charge < -0.3 is 20.9 Å². The van der Waals surface area contributed by atoms with Crippen molar-refractivity contribution in [3.63, 3.8) is 0 Å². The summed E-state index contributed by atoms with van der Waals surface area (Å²) in [7, 11) is 0. The zero-order chi connectivity index (χ0) is 22.0. The zero-order valence-corrected chi connectivity index (χ0v) is 18.4. The van der Waals surface area contributed by atoms with Gasteiger partial charge in [-0.25, -0.2) is 9.78 Å². The Hall–Kier alpha value is -2.68. The highest BCUT2D eigenvalue weighted by molar-refractivity contribution is 7.21. The van der Waals surface area contributed by atoms with E-state index in [2.05, 4.69) is 10.3 Å². The van der Waals surface area contributed by atoms with Gasteiger partial charge in [-0.1, -0.05) is 11.6 Å². The Morgan fingerprint density at radius 1 is 1.37 bits per heavy atom. The number of rotatable bonds is 6. The molecule has 9 heteroatoms. The molecule has 0 spiro atoms. The van der Waals surface area contributed by atoms with Crippen molar-refractivity contribution in [1.29, 1.82) is 0 Å². The topological polar surface area (TPSA) is 115 Å². The molecule has 0 fully saturated rings. The fraction of sp³-hybridized carbons (Fsp3) is 0.286. The first-order valence-electron chi connectivity index (χ1n) is 9.35. The van der Waals surface area contributed by atoms with E-state index in [0.717, 1.165) is 11.3 Å². The fourth-order valence-electron chi connectivity index (χ4n) is 3.14. The maximum absolute atomic E-state index is 12.9. The van der Waals surface area contributed by atoms with Crippen molar-refractivity contribution in [3.05, 3.63) is 51.0 Å². The van der Waals surface area contributed by atoms with E-state index in [-0.39, 0.29) is 17.2 Å². The highest BCUT2D eigenvalue weighted by Gasteiger charge is 2.21. The number of esters is 1. The molecule has 3 aromatic rings. The summed E-state index contributed by atoms with van der Waals surface area (Å²) in [5.74, 6) is -0.990. The van der Waals surface area contributed by atoms with E-state index < -0.39 is 18.0 Å². The van der Waals surface area contributed by atoms with E-state index in [4.69, 9.17) is 22.1 Å². The third-order valence-electron chi connectivity index (χ3n) is 4.35. The summed E-state index contributed by atoms with van der Waals surface area (Å²) in [6.07, 6.45) is -0.149. The number of aliphatic hydroxyl groups is 1. The summed E-state index contributed by atoms with van der Waals surface area (Å²) in [5.41, 5.74) is 8.79. The summed E-state index contributed by atoms with van der Waals surface area (Å²) in [6.45, 7) is 5.46. The van der Waals surface area contributed by atoms with Crippen molar-refractivity contribution >= 4 is 56.4 Å². The van der Waals surface area contributed by atoms with Crippen LogP contribution in [0.4, 0.5) is 11.4 Å². The molecule has 0 aliphatic rings. The van der Waals surface area contributed by atoms with Crippen LogP contribution in [0.25, 0.3) is 10.2 Å². The van der Waals surface area contributed by atoms with E-state index in [9.17, 15) is 14.7 Å². The number of nitrogen functional groups attached to an aromatic ring is 1. The number of hydrogen-bond acceptors (Lipinski definition) is 7. The Bertz CT molecular complexity index is 1130. The third kappa shape index (κ3) is 4.56. The molecule has 0 aliphatic heterocycles. The van der Waals surface area contributed by atoms with Crippen LogP contribution in [0.15, 0.2) is 24.3 Å². The first-order chi connectivity index (χ1) is 14.2. The van der Waals surface area contributed by atoms with Crippen molar-refractivity contribution in [3.8, 4) is 0 Å². The van der Waals surface area contributed by atoms with E-state index in [1.54, 1.807) is 19.9 Å². The van der Waals surface area contributed by atoms with Gasteiger partial charge in [0.15, 0.2) is 0 Å². The van der Waals surface area contributed by atoms with Crippen LogP contribution in [0, 0.1) is 6.92 Å². The van der Waals surface area contributed by atoms with Crippen LogP contribution in [0.2, 0.25) is 5.02 Å². The summed E-state index contributed by atoms with van der Waals surface area (Å²) in [4.78, 5) is 30.4. The number of halogens is 1. The molecule has 158 valence electrons. The quantitative estimate of drug-likeness (QED) is 0.488. The number of nitrogens with zero attached hydrogens (tertiary/aromatic N) is 1. The van der Waals surface area contributed by atoms with Gasteiger partial charge in [-0.15, -0.1) is 11.3 Å². The van der Waals surface area contributed by atoms with Crippen LogP contribution in [0.5, 0.6) is 0 Å². The Balaban J connectivity index is 1.95. The van der Waals surface area contributed by atoms with Crippen molar-refractivity contribution < 1.29 is 19.4 Å². The summed E-state index contributed by atoms with van der Waals surface area (Å²) in [6, 6.07) is 6.44. The second-order valence-electron chi connectivity index (χ2n) is 6.87. The van der Waals surface area contributed by atoms with Gasteiger partial charge in [0.2, 0.25) is 0 Å². The Kier molecular flexibility index (Phi) is 6.60. The maximum atomic E-state index is 12.9. The number of aromatic nitrogens is 1. The fourth-order valence-corrected chi connectivity index (χ4v) is 4.42. The predicted molar refractivity (Wildman–Crippen MR) is 120 cm³/mol. The van der Waals surface area contributed by atoms with Gasteiger partial charge in [-0.3, -0.25) is 4.79 Å². The lowest BCUT2D eigenvalue weighted by atomic mass is 10.0. The molecule has 3 rings (SSSR count). The van der Waals surface area contributed by atoms with Crippen LogP contribution in [0.1, 0.15) is 45.1 Å². The molecule has 1 unspecified atom stereocenters. The molecule has 0 radical (unpaired) electrons. The molecule has 4 N–H and O–H groups in total. The number of carbonyl (C=O) groups excluding carboxylic acids is 2. The van der Waals surface area contributed by atoms with Crippen LogP contribution in [-0.2, 0) is 11.2 Å². The molecule has 0 bridgehead atoms. The number of benzene rings is 1. The number of ether oxygens (including phenoxy) is 1. The van der Waals surface area contributed by atoms with E-state index in [1.165, 1.54) is 23.5 Å². The first-order valence-corrected chi connectivity index (χ1v) is 10.5. The maximum Gasteiger partial charge on any atom is 0.339 e. The average molecular weight is 448 g/mol. The number of nitrogens with one attached hydrogen (secondary N) is 1. The summed E-state index contributed by atoms with van der Waals surface area (Å²) >= 11 is 7.25. The van der Waals surface area contributed by atoms with Crippen molar-refractivity contribution in [2.75, 3.05) is 17.7 Å². The molecule has 0 saturated carbocycles. The van der Waals surface area contributed by atoms with Crippen LogP contribution < -0.4 is 11.1 Å². The van der Waals surface area contributed by atoms with Gasteiger partial charge in [0.1, 0.15) is 9.71 Å². The van der Waals surface area contributed by atoms with Crippen molar-refractivity contribution in [2.45, 2.75) is 33.3 Å². The monoisotopic (exact) mass is 447 g/mol. The van der Waals surface area contributed by atoms with Gasteiger partial charge in [0.05, 0.1) is 29.0 Å². The minimum Gasteiger partial charge on any atom is -0.462 e. The van der Waals surface area contributed by atoms with Gasteiger partial charge in [0, 0.05) is 16.8 Å². The first kappa shape index (κ1) is 22.0. The SMILES string of the molecule is CCOC(=O)c1cc(NC(=O)c2sc3nc(C)cc(CC(C)O)c3c2N)ccc1Cl. The number of thiophene rings is 1. The standard InChI is InChI=1S/C21H22ClN3O4S/c1-4-29-21(28)14-9-13(5-6-15(14)22)25-19(27)18-17(23)16-12(8-11(3)26)7-10(2)24-20(16)30-18/h5-7,9,11,26H,4,8,23H2,1-3H3,(H,25,27). The third-order valence-corrected chi connectivity index (χ3v) is 5.78. The number of aliphatic hydroxyl groups excluding tert-OH is 1. The van der Waals surface area contributed by atoms with Gasteiger partial charge in [-0.05, 0) is 57.0 Å². The van der Waals surface area contributed by atoms with Gasteiger partial charge in [-0.2, -0.15) is 0 Å². The number of pyridine rings is 1. The van der Waals surface area contributed by atoms with Crippen LogP contribution >= 0.6 is 22.9 Å². The zero-order valence-electron chi connectivity index (χ0n) is 16.8. The van der Waals surface area contributed by atoms with E-state index in [1.807, 2.05) is 13.0 Å². The molecule has 0 aliphatic carbocycles. The van der Waals surface area contributed by atoms with Gasteiger partial charge in [0.25, 0.3) is 5.91 Å². The second-order valence-corrected chi connectivity index (χ2v) is 8.28. The normalized spacial score (nSPS) is 12.0.